The van der Waals surface area contributed by atoms with E-state index in [-0.39, 0.29) is 23.7 Å². The number of hydrogen-bond donors (Lipinski definition) is 2. The summed E-state index contributed by atoms with van der Waals surface area (Å²) in [5, 5.41) is 14.0. The van der Waals surface area contributed by atoms with Gasteiger partial charge in [0.15, 0.2) is 0 Å². The van der Waals surface area contributed by atoms with Crippen molar-refractivity contribution in [2.75, 3.05) is 23.4 Å². The van der Waals surface area contributed by atoms with Crippen molar-refractivity contribution in [3.8, 4) is 0 Å². The van der Waals surface area contributed by atoms with Crippen LogP contribution < -0.4 is 10.6 Å². The maximum atomic E-state index is 14.2. The number of nitrogens with zero attached hydrogens (tertiary/aromatic N) is 3. The molecule has 2 N–H and O–H groups in total. The van der Waals surface area contributed by atoms with Gasteiger partial charge in [-0.2, -0.15) is 11.8 Å². The van der Waals surface area contributed by atoms with E-state index < -0.39 is 0 Å². The molecule has 7 nitrogen and oxygen atoms in total. The Morgan fingerprint density at radius 2 is 2.21 bits per heavy atom. The molecule has 1 aliphatic rings. The second kappa shape index (κ2) is 10.7. The molecule has 33 heavy (non-hydrogen) atoms. The predicted molar refractivity (Wildman–Crippen MR) is 132 cm³/mol. The highest BCUT2D eigenvalue weighted by molar-refractivity contribution is 9.10. The standard InChI is InChI=1S/C22H21BrFN5O2S2/c1-13(17-4-3-15(23)9-18(17)24)29-10-16(27-28-29)11-32-7-6-25-22(31)14-2-5-20-19(8-14)26-21(30)12-33-20/h2-5,8-10,13H,6-7,11-12H2,1H3,(H,25,31)(H,26,30)/t13-/m1/s1. The number of rotatable bonds is 8. The number of anilines is 1. The maximum Gasteiger partial charge on any atom is 0.251 e. The summed E-state index contributed by atoms with van der Waals surface area (Å²) >= 11 is 6.35. The molecule has 0 saturated heterocycles. The lowest BCUT2D eigenvalue weighted by atomic mass is 10.1. The Balaban J connectivity index is 1.23. The quantitative estimate of drug-likeness (QED) is 0.402. The van der Waals surface area contributed by atoms with E-state index in [0.717, 1.165) is 10.6 Å². The van der Waals surface area contributed by atoms with E-state index in [2.05, 4.69) is 36.9 Å². The average molecular weight is 550 g/mol. The Morgan fingerprint density at radius 3 is 3.03 bits per heavy atom. The van der Waals surface area contributed by atoms with E-state index in [9.17, 15) is 14.0 Å². The highest BCUT2D eigenvalue weighted by atomic mass is 79.9. The molecule has 1 aliphatic heterocycles. The van der Waals surface area contributed by atoms with E-state index in [0.29, 0.717) is 45.1 Å². The molecule has 0 unspecified atom stereocenters. The van der Waals surface area contributed by atoms with Gasteiger partial charge < -0.3 is 10.6 Å². The average Bonchev–Trinajstić information content (AvgIpc) is 3.27. The zero-order valence-corrected chi connectivity index (χ0v) is 20.9. The van der Waals surface area contributed by atoms with Crippen molar-refractivity contribution in [3.63, 3.8) is 0 Å². The second-order valence-electron chi connectivity index (χ2n) is 7.39. The van der Waals surface area contributed by atoms with Gasteiger partial charge in [0.25, 0.3) is 5.91 Å². The Morgan fingerprint density at radius 1 is 1.36 bits per heavy atom. The first kappa shape index (κ1) is 23.8. The summed E-state index contributed by atoms with van der Waals surface area (Å²) in [5.74, 6) is 1.19. The molecule has 0 fully saturated rings. The van der Waals surface area contributed by atoms with Crippen LogP contribution in [0, 0.1) is 5.82 Å². The summed E-state index contributed by atoms with van der Waals surface area (Å²) in [6, 6.07) is 10.0. The van der Waals surface area contributed by atoms with Crippen LogP contribution in [0.2, 0.25) is 0 Å². The third kappa shape index (κ3) is 5.96. The molecular formula is C22H21BrFN5O2S2. The highest BCUT2D eigenvalue weighted by Gasteiger charge is 2.17. The van der Waals surface area contributed by atoms with Gasteiger partial charge in [0.2, 0.25) is 5.91 Å². The molecule has 1 atom stereocenters. The fourth-order valence-corrected chi connectivity index (χ4v) is 5.15. The van der Waals surface area contributed by atoms with Gasteiger partial charge in [0.05, 0.1) is 23.2 Å². The Hall–Kier alpha value is -2.37. The fourth-order valence-electron chi connectivity index (χ4n) is 3.29. The first-order valence-corrected chi connectivity index (χ1v) is 13.1. The zero-order chi connectivity index (χ0) is 23.4. The van der Waals surface area contributed by atoms with Gasteiger partial charge in [-0.1, -0.05) is 27.2 Å². The molecular weight excluding hydrogens is 529 g/mol. The van der Waals surface area contributed by atoms with E-state index in [1.54, 1.807) is 40.7 Å². The molecule has 1 aromatic heterocycles. The normalized spacial score (nSPS) is 13.8. The largest absolute Gasteiger partial charge is 0.351 e. The Kier molecular flexibility index (Phi) is 7.71. The first-order valence-electron chi connectivity index (χ1n) is 10.2. The lowest BCUT2D eigenvalue weighted by Crippen LogP contribution is -2.26. The minimum absolute atomic E-state index is 0.0604. The van der Waals surface area contributed by atoms with Crippen LogP contribution in [0.4, 0.5) is 10.1 Å². The topological polar surface area (TPSA) is 88.9 Å². The molecule has 0 spiro atoms. The van der Waals surface area contributed by atoms with Crippen molar-refractivity contribution >= 4 is 57.0 Å². The number of benzene rings is 2. The lowest BCUT2D eigenvalue weighted by molar-refractivity contribution is -0.113. The third-order valence-electron chi connectivity index (χ3n) is 5.02. The molecule has 3 aromatic rings. The van der Waals surface area contributed by atoms with Gasteiger partial charge in [-0.15, -0.1) is 16.9 Å². The number of fused-ring (bicyclic) bond motifs is 1. The van der Waals surface area contributed by atoms with Crippen LogP contribution in [0.1, 0.15) is 34.6 Å². The second-order valence-corrected chi connectivity index (χ2v) is 10.4. The minimum Gasteiger partial charge on any atom is -0.351 e. The van der Waals surface area contributed by atoms with Crippen molar-refractivity contribution in [3.05, 3.63) is 69.7 Å². The van der Waals surface area contributed by atoms with E-state index in [4.69, 9.17) is 0 Å². The van der Waals surface area contributed by atoms with Crippen LogP contribution in [0.5, 0.6) is 0 Å². The van der Waals surface area contributed by atoms with E-state index in [1.807, 2.05) is 19.2 Å². The molecule has 11 heteroatoms. The summed E-state index contributed by atoms with van der Waals surface area (Å²) in [6.45, 7) is 2.37. The summed E-state index contributed by atoms with van der Waals surface area (Å²) in [6.07, 6.45) is 1.82. The molecule has 0 aliphatic carbocycles. The number of amides is 2. The van der Waals surface area contributed by atoms with Gasteiger partial charge in [-0.05, 0) is 37.3 Å². The first-order chi connectivity index (χ1) is 15.9. The third-order valence-corrected chi connectivity index (χ3v) is 7.58. The van der Waals surface area contributed by atoms with Crippen LogP contribution in [0.25, 0.3) is 0 Å². The van der Waals surface area contributed by atoms with Gasteiger partial charge >= 0.3 is 0 Å². The van der Waals surface area contributed by atoms with E-state index >= 15 is 0 Å². The van der Waals surface area contributed by atoms with Gasteiger partial charge in [0.1, 0.15) is 5.82 Å². The number of carbonyl (C=O) groups excluding carboxylic acids is 2. The fraction of sp³-hybridized carbons (Fsp3) is 0.273. The van der Waals surface area contributed by atoms with E-state index in [1.165, 1.54) is 17.8 Å². The summed E-state index contributed by atoms with van der Waals surface area (Å²) in [5.41, 5.74) is 2.53. The summed E-state index contributed by atoms with van der Waals surface area (Å²) in [4.78, 5) is 24.9. The van der Waals surface area contributed by atoms with Crippen molar-refractivity contribution in [1.29, 1.82) is 0 Å². The smallest absolute Gasteiger partial charge is 0.251 e. The molecule has 2 aromatic carbocycles. The van der Waals surface area contributed by atoms with Crippen LogP contribution in [0.15, 0.2) is 52.0 Å². The van der Waals surface area contributed by atoms with Crippen molar-refractivity contribution < 1.29 is 14.0 Å². The van der Waals surface area contributed by atoms with Gasteiger partial charge in [-0.3, -0.25) is 9.59 Å². The summed E-state index contributed by atoms with van der Waals surface area (Å²) in [7, 11) is 0. The molecule has 0 bridgehead atoms. The molecule has 0 saturated carbocycles. The summed E-state index contributed by atoms with van der Waals surface area (Å²) < 4.78 is 16.6. The molecule has 2 amide bonds. The van der Waals surface area contributed by atoms with Crippen LogP contribution in [-0.2, 0) is 10.5 Å². The SMILES string of the molecule is C[C@H](c1ccc(Br)cc1F)n1cc(CSCCNC(=O)c2ccc3c(c2)NC(=O)CS3)nn1. The van der Waals surface area contributed by atoms with Crippen molar-refractivity contribution in [2.45, 2.75) is 23.6 Å². The number of nitrogens with one attached hydrogen (secondary N) is 2. The maximum absolute atomic E-state index is 14.2. The van der Waals surface area contributed by atoms with Crippen LogP contribution in [0.3, 0.4) is 0 Å². The predicted octanol–water partition coefficient (Wildman–Crippen LogP) is 4.50. The lowest BCUT2D eigenvalue weighted by Gasteiger charge is -2.16. The molecule has 2 heterocycles. The molecule has 4 rings (SSSR count). The molecule has 0 radical (unpaired) electrons. The van der Waals surface area contributed by atoms with Crippen molar-refractivity contribution in [2.24, 2.45) is 0 Å². The number of aromatic nitrogens is 3. The number of hydrogen-bond acceptors (Lipinski definition) is 6. The van der Waals surface area contributed by atoms with Gasteiger partial charge in [-0.25, -0.2) is 9.07 Å². The van der Waals surface area contributed by atoms with Gasteiger partial charge in [0, 0.05) is 44.7 Å². The minimum atomic E-state index is -0.292. The Labute approximate surface area is 207 Å². The monoisotopic (exact) mass is 549 g/mol. The number of halogens is 2. The Bertz CT molecular complexity index is 1190. The highest BCUT2D eigenvalue weighted by Crippen LogP contribution is 2.32. The molecule has 172 valence electrons. The van der Waals surface area contributed by atoms with Crippen LogP contribution in [-0.4, -0.2) is 44.9 Å². The van der Waals surface area contributed by atoms with Crippen LogP contribution >= 0.6 is 39.5 Å². The number of thioether (sulfide) groups is 2. The number of carbonyl (C=O) groups is 2. The van der Waals surface area contributed by atoms with Crippen molar-refractivity contribution in [1.82, 2.24) is 20.3 Å². The zero-order valence-electron chi connectivity index (χ0n) is 17.7.